The summed E-state index contributed by atoms with van der Waals surface area (Å²) in [6.07, 6.45) is 3.67. The monoisotopic (exact) mass is 814 g/mol. The van der Waals surface area contributed by atoms with E-state index in [4.69, 9.17) is 24.9 Å². The van der Waals surface area contributed by atoms with Crippen LogP contribution in [-0.4, -0.2) is 29.9 Å². The van der Waals surface area contributed by atoms with Crippen LogP contribution < -0.4 is 0 Å². The predicted octanol–water partition coefficient (Wildman–Crippen LogP) is 14.5. The molecule has 0 spiro atoms. The highest BCUT2D eigenvalue weighted by molar-refractivity contribution is 6.09. The van der Waals surface area contributed by atoms with Gasteiger partial charge in [0, 0.05) is 67.0 Å². The summed E-state index contributed by atoms with van der Waals surface area (Å²) in [5, 5.41) is 8.67. The molecule has 0 saturated carbocycles. The summed E-state index contributed by atoms with van der Waals surface area (Å²) in [5.41, 5.74) is 15.5. The van der Waals surface area contributed by atoms with Crippen LogP contribution in [0.1, 0.15) is 0 Å². The van der Waals surface area contributed by atoms with Crippen LogP contribution in [0.4, 0.5) is 0 Å². The van der Waals surface area contributed by atoms with Gasteiger partial charge in [-0.05, 0) is 70.4 Å². The predicted molar refractivity (Wildman–Crippen MR) is 263 cm³/mol. The van der Waals surface area contributed by atoms with Crippen LogP contribution >= 0.6 is 0 Å². The van der Waals surface area contributed by atoms with Gasteiger partial charge >= 0.3 is 0 Å². The third kappa shape index (κ3) is 5.96. The summed E-state index contributed by atoms with van der Waals surface area (Å²) in [6.45, 7) is 0. The van der Waals surface area contributed by atoms with Crippen molar-refractivity contribution in [2.75, 3.05) is 0 Å². The Morgan fingerprint density at radius 3 is 1.55 bits per heavy atom. The molecule has 6 heteroatoms. The summed E-state index contributed by atoms with van der Waals surface area (Å²) in [4.78, 5) is 30.3. The molecule has 7 aromatic carbocycles. The number of fused-ring (bicyclic) bond motifs is 9. The third-order valence-corrected chi connectivity index (χ3v) is 12.5. The molecule has 0 radical (unpaired) electrons. The molecule has 0 amide bonds. The Morgan fingerprint density at radius 2 is 0.766 bits per heavy atom. The molecule has 13 rings (SSSR count). The molecule has 0 atom stereocenters. The minimum Gasteiger partial charge on any atom is -0.254 e. The van der Waals surface area contributed by atoms with E-state index >= 15 is 0 Å². The molecule has 6 aromatic heterocycles. The maximum Gasteiger partial charge on any atom is 0.0972 e. The summed E-state index contributed by atoms with van der Waals surface area (Å²) in [6, 6.07) is 67.9. The topological polar surface area (TPSA) is 77.3 Å². The minimum absolute atomic E-state index is 0.876. The number of rotatable bonds is 5. The highest BCUT2D eigenvalue weighted by Crippen LogP contribution is 2.38. The van der Waals surface area contributed by atoms with Gasteiger partial charge in [-0.3, -0.25) is 9.97 Å². The van der Waals surface area contributed by atoms with Crippen LogP contribution in [0.25, 0.3) is 132 Å². The Morgan fingerprint density at radius 1 is 0.250 bits per heavy atom. The van der Waals surface area contributed by atoms with E-state index in [1.54, 1.807) is 0 Å². The standard InChI is InChI=1S/C58H34N6/c1-2-7-35(8-3-1)49-27-21-39-14-15-40-22-29-52(64-57(40)56(39)63-49)46-25-24-43(44-10-4-5-11-45(44)46)41-16-12-36-19-26-50(61-53(36)33-41)42-17-13-37-20-28-51(62-54(37)34-42)47-30-32-60-58-48(47)23-18-38-9-6-31-59-55(38)58/h1-34H. The van der Waals surface area contributed by atoms with E-state index in [9.17, 15) is 0 Å². The average molecular weight is 815 g/mol. The quantitative estimate of drug-likeness (QED) is 0.161. The van der Waals surface area contributed by atoms with Crippen LogP contribution in [0.15, 0.2) is 207 Å². The number of nitrogens with zero attached hydrogens (tertiary/aromatic N) is 6. The Labute approximate surface area is 367 Å². The smallest absolute Gasteiger partial charge is 0.0972 e. The summed E-state index contributed by atoms with van der Waals surface area (Å²) in [7, 11) is 0. The molecule has 64 heavy (non-hydrogen) atoms. The molecule has 0 fully saturated rings. The van der Waals surface area contributed by atoms with Crippen molar-refractivity contribution in [2.24, 2.45) is 0 Å². The number of benzene rings is 7. The second-order valence-electron chi connectivity index (χ2n) is 16.3. The normalized spacial score (nSPS) is 11.8. The average Bonchev–Trinajstić information content (AvgIpc) is 3.37. The highest BCUT2D eigenvalue weighted by atomic mass is 14.8. The van der Waals surface area contributed by atoms with Crippen LogP contribution in [0.2, 0.25) is 0 Å². The summed E-state index contributed by atoms with van der Waals surface area (Å²) < 4.78 is 0. The molecule has 0 unspecified atom stereocenters. The maximum absolute atomic E-state index is 5.32. The molecule has 0 aliphatic rings. The Bertz CT molecular complexity index is 4030. The Kier molecular flexibility index (Phi) is 8.11. The first kappa shape index (κ1) is 36.0. The van der Waals surface area contributed by atoms with E-state index in [2.05, 4.69) is 169 Å². The highest BCUT2D eigenvalue weighted by Gasteiger charge is 2.15. The van der Waals surface area contributed by atoms with Gasteiger partial charge in [0.1, 0.15) is 0 Å². The van der Waals surface area contributed by atoms with Gasteiger partial charge in [-0.1, -0.05) is 146 Å². The van der Waals surface area contributed by atoms with Crippen LogP contribution in [-0.2, 0) is 0 Å². The van der Waals surface area contributed by atoms with E-state index in [0.717, 1.165) is 132 Å². The van der Waals surface area contributed by atoms with Crippen LogP contribution in [0.5, 0.6) is 0 Å². The molecule has 6 heterocycles. The fourth-order valence-electron chi connectivity index (χ4n) is 9.31. The SMILES string of the molecule is c1ccc(-c2ccc3ccc4ccc(-c5ccc(-c6ccc7ccc(-c8ccc9ccc(-c%10ccnc%11c%10ccc%10cccnc%10%11)nc9c8)nc7c6)c6ccccc56)nc4c3n2)cc1. The van der Waals surface area contributed by atoms with Crippen molar-refractivity contribution in [3.63, 3.8) is 0 Å². The van der Waals surface area contributed by atoms with Gasteiger partial charge in [-0.25, -0.2) is 19.9 Å². The van der Waals surface area contributed by atoms with Crippen molar-refractivity contribution in [3.05, 3.63) is 207 Å². The maximum atomic E-state index is 5.32. The molecule has 0 bridgehead atoms. The first-order valence-electron chi connectivity index (χ1n) is 21.4. The van der Waals surface area contributed by atoms with Crippen molar-refractivity contribution in [1.29, 1.82) is 0 Å². The number of pyridine rings is 6. The third-order valence-electron chi connectivity index (χ3n) is 12.5. The van der Waals surface area contributed by atoms with Gasteiger partial charge in [0.15, 0.2) is 0 Å². The largest absolute Gasteiger partial charge is 0.254 e. The number of aromatic nitrogens is 6. The van der Waals surface area contributed by atoms with Crippen LogP contribution in [0, 0.1) is 0 Å². The Hall–Kier alpha value is -8.74. The van der Waals surface area contributed by atoms with Gasteiger partial charge < -0.3 is 0 Å². The molecule has 0 saturated heterocycles. The Balaban J connectivity index is 0.869. The van der Waals surface area contributed by atoms with Crippen molar-refractivity contribution in [2.45, 2.75) is 0 Å². The molecule has 0 aliphatic carbocycles. The fourth-order valence-corrected chi connectivity index (χ4v) is 9.31. The van der Waals surface area contributed by atoms with Crippen LogP contribution in [0.3, 0.4) is 0 Å². The van der Waals surface area contributed by atoms with Gasteiger partial charge in [0.05, 0.1) is 55.9 Å². The lowest BCUT2D eigenvalue weighted by atomic mass is 9.93. The van der Waals surface area contributed by atoms with E-state index < -0.39 is 0 Å². The van der Waals surface area contributed by atoms with Crippen molar-refractivity contribution < 1.29 is 0 Å². The number of hydrogen-bond donors (Lipinski definition) is 0. The summed E-state index contributed by atoms with van der Waals surface area (Å²) >= 11 is 0. The summed E-state index contributed by atoms with van der Waals surface area (Å²) in [5.74, 6) is 0. The zero-order chi connectivity index (χ0) is 42.1. The molecule has 6 nitrogen and oxygen atoms in total. The molecule has 296 valence electrons. The fraction of sp³-hybridized carbons (Fsp3) is 0. The lowest BCUT2D eigenvalue weighted by Gasteiger charge is -2.13. The van der Waals surface area contributed by atoms with Gasteiger partial charge in [0.25, 0.3) is 0 Å². The molecule has 0 N–H and O–H groups in total. The zero-order valence-corrected chi connectivity index (χ0v) is 34.3. The molecular weight excluding hydrogens is 781 g/mol. The van der Waals surface area contributed by atoms with E-state index in [1.165, 1.54) is 0 Å². The zero-order valence-electron chi connectivity index (χ0n) is 34.3. The first-order valence-corrected chi connectivity index (χ1v) is 21.4. The second kappa shape index (κ2) is 14.4. The van der Waals surface area contributed by atoms with Gasteiger partial charge in [0.2, 0.25) is 0 Å². The molecule has 13 aromatic rings. The van der Waals surface area contributed by atoms with Gasteiger partial charge in [-0.15, -0.1) is 0 Å². The lowest BCUT2D eigenvalue weighted by molar-refractivity contribution is 1.35. The first-order chi connectivity index (χ1) is 31.7. The van der Waals surface area contributed by atoms with Crippen molar-refractivity contribution in [1.82, 2.24) is 29.9 Å². The van der Waals surface area contributed by atoms with E-state index in [0.29, 0.717) is 0 Å². The van der Waals surface area contributed by atoms with Crippen molar-refractivity contribution in [3.8, 4) is 56.2 Å². The molecule has 0 aliphatic heterocycles. The minimum atomic E-state index is 0.876. The lowest BCUT2D eigenvalue weighted by Crippen LogP contribution is -1.92. The van der Waals surface area contributed by atoms with Gasteiger partial charge in [-0.2, -0.15) is 0 Å². The van der Waals surface area contributed by atoms with E-state index in [1.807, 2.05) is 42.7 Å². The number of hydrogen-bond acceptors (Lipinski definition) is 6. The van der Waals surface area contributed by atoms with E-state index in [-0.39, 0.29) is 0 Å². The second-order valence-corrected chi connectivity index (χ2v) is 16.3. The van der Waals surface area contributed by atoms with Crippen molar-refractivity contribution >= 4 is 76.2 Å². The molecular formula is C58H34N6.